The van der Waals surface area contributed by atoms with E-state index in [4.69, 9.17) is 0 Å². The van der Waals surface area contributed by atoms with Gasteiger partial charge in [-0.3, -0.25) is 14.2 Å². The van der Waals surface area contributed by atoms with Gasteiger partial charge in [-0.15, -0.1) is 0 Å². The second kappa shape index (κ2) is 6.36. The number of rotatable bonds is 4. The topological polar surface area (TPSA) is 84.2 Å². The molecule has 0 saturated heterocycles. The van der Waals surface area contributed by atoms with Crippen LogP contribution in [0.15, 0.2) is 29.3 Å². The summed E-state index contributed by atoms with van der Waals surface area (Å²) in [5.74, 6) is -0.225. The average Bonchev–Trinajstić information content (AvgIpc) is 2.92. The minimum Gasteiger partial charge on any atom is -0.396 e. The van der Waals surface area contributed by atoms with Crippen molar-refractivity contribution in [3.63, 3.8) is 0 Å². The Morgan fingerprint density at radius 2 is 2.29 bits per heavy atom. The van der Waals surface area contributed by atoms with E-state index in [0.717, 1.165) is 24.8 Å². The average molecular weight is 329 g/mol. The molecule has 1 saturated carbocycles. The van der Waals surface area contributed by atoms with E-state index in [1.165, 1.54) is 10.9 Å². The lowest BCUT2D eigenvalue weighted by atomic mass is 9.86. The van der Waals surface area contributed by atoms with Crippen molar-refractivity contribution in [2.75, 3.05) is 6.61 Å². The van der Waals surface area contributed by atoms with Gasteiger partial charge in [-0.05, 0) is 31.4 Å². The van der Waals surface area contributed by atoms with E-state index in [0.29, 0.717) is 10.9 Å². The molecule has 2 atom stereocenters. The van der Waals surface area contributed by atoms with Crippen molar-refractivity contribution in [1.82, 2.24) is 14.9 Å². The lowest BCUT2D eigenvalue weighted by Crippen LogP contribution is -2.46. The molecular weight excluding hydrogens is 306 g/mol. The van der Waals surface area contributed by atoms with E-state index in [2.05, 4.69) is 10.3 Å². The number of benzene rings is 1. The van der Waals surface area contributed by atoms with Gasteiger partial charge in [-0.1, -0.05) is 25.5 Å². The molecule has 1 aromatic carbocycles. The minimum absolute atomic E-state index is 0.0503. The second-order valence-corrected chi connectivity index (χ2v) is 6.97. The molecule has 24 heavy (non-hydrogen) atoms. The summed E-state index contributed by atoms with van der Waals surface area (Å²) in [6.45, 7) is 3.88. The Kier molecular flexibility index (Phi) is 4.41. The number of hydrogen-bond donors (Lipinski definition) is 2. The Morgan fingerprint density at radius 3 is 3.04 bits per heavy atom. The first kappa shape index (κ1) is 16.6. The van der Waals surface area contributed by atoms with Crippen molar-refractivity contribution in [3.8, 4) is 0 Å². The molecule has 6 heteroatoms. The third kappa shape index (κ3) is 2.94. The van der Waals surface area contributed by atoms with Gasteiger partial charge in [0.25, 0.3) is 5.56 Å². The van der Waals surface area contributed by atoms with Crippen LogP contribution in [-0.4, -0.2) is 33.2 Å². The fourth-order valence-corrected chi connectivity index (χ4v) is 3.51. The van der Waals surface area contributed by atoms with Crippen LogP contribution >= 0.6 is 0 Å². The number of para-hydroxylation sites is 1. The predicted octanol–water partition coefficient (Wildman–Crippen LogP) is 1.37. The Labute approximate surface area is 140 Å². The van der Waals surface area contributed by atoms with Gasteiger partial charge < -0.3 is 10.4 Å². The summed E-state index contributed by atoms with van der Waals surface area (Å²) < 4.78 is 1.34. The molecular formula is C18H23N3O3. The zero-order chi connectivity index (χ0) is 17.3. The van der Waals surface area contributed by atoms with Gasteiger partial charge >= 0.3 is 0 Å². The van der Waals surface area contributed by atoms with E-state index in [9.17, 15) is 14.7 Å². The van der Waals surface area contributed by atoms with Crippen molar-refractivity contribution in [1.29, 1.82) is 0 Å². The van der Waals surface area contributed by atoms with Crippen molar-refractivity contribution < 1.29 is 9.90 Å². The van der Waals surface area contributed by atoms with Crippen LogP contribution in [0.1, 0.15) is 31.7 Å². The number of amides is 1. The van der Waals surface area contributed by atoms with Crippen molar-refractivity contribution in [2.45, 2.75) is 45.7 Å². The summed E-state index contributed by atoms with van der Waals surface area (Å²) in [7, 11) is 0. The number of fused-ring (bicyclic) bond motifs is 1. The highest BCUT2D eigenvalue weighted by molar-refractivity contribution is 5.81. The summed E-state index contributed by atoms with van der Waals surface area (Å²) in [6.07, 6.45) is 4.16. The molecule has 1 fully saturated rings. The van der Waals surface area contributed by atoms with Gasteiger partial charge in [0.15, 0.2) is 0 Å². The third-order valence-electron chi connectivity index (χ3n) is 5.15. The highest BCUT2D eigenvalue weighted by Gasteiger charge is 2.39. The summed E-state index contributed by atoms with van der Waals surface area (Å²) in [6, 6.07) is 5.39. The monoisotopic (exact) mass is 329 g/mol. The number of carbonyl (C=O) groups is 1. The second-order valence-electron chi connectivity index (χ2n) is 6.97. The SMILES string of the molecule is Cc1cccc2c(=O)n(CC(=O)NC3CCCC3(C)CO)cnc12. The van der Waals surface area contributed by atoms with Crippen LogP contribution in [0, 0.1) is 12.3 Å². The molecule has 0 spiro atoms. The first-order valence-corrected chi connectivity index (χ1v) is 8.29. The fourth-order valence-electron chi connectivity index (χ4n) is 3.51. The zero-order valence-corrected chi connectivity index (χ0v) is 14.1. The Balaban J connectivity index is 1.79. The Morgan fingerprint density at radius 1 is 1.50 bits per heavy atom. The van der Waals surface area contributed by atoms with E-state index in [1.54, 1.807) is 6.07 Å². The Bertz CT molecular complexity index is 830. The number of aliphatic hydroxyl groups is 1. The van der Waals surface area contributed by atoms with E-state index >= 15 is 0 Å². The maximum absolute atomic E-state index is 12.5. The summed E-state index contributed by atoms with van der Waals surface area (Å²) in [5, 5.41) is 13.1. The molecule has 1 aliphatic carbocycles. The maximum atomic E-state index is 12.5. The normalized spacial score (nSPS) is 23.5. The van der Waals surface area contributed by atoms with Crippen molar-refractivity contribution in [2.24, 2.45) is 5.41 Å². The van der Waals surface area contributed by atoms with Crippen LogP contribution in [0.4, 0.5) is 0 Å². The molecule has 2 unspecified atom stereocenters. The van der Waals surface area contributed by atoms with Crippen LogP contribution in [-0.2, 0) is 11.3 Å². The molecule has 1 aromatic heterocycles. The molecule has 1 heterocycles. The molecule has 2 aromatic rings. The summed E-state index contributed by atoms with van der Waals surface area (Å²) >= 11 is 0. The highest BCUT2D eigenvalue weighted by atomic mass is 16.3. The summed E-state index contributed by atoms with van der Waals surface area (Å²) in [5.41, 5.74) is 1.11. The first-order valence-electron chi connectivity index (χ1n) is 8.29. The number of carbonyl (C=O) groups excluding carboxylic acids is 1. The van der Waals surface area contributed by atoms with Gasteiger partial charge in [0.2, 0.25) is 5.91 Å². The van der Waals surface area contributed by atoms with Gasteiger partial charge in [-0.25, -0.2) is 4.98 Å². The van der Waals surface area contributed by atoms with Crippen LogP contribution < -0.4 is 10.9 Å². The molecule has 1 aliphatic rings. The number of aromatic nitrogens is 2. The van der Waals surface area contributed by atoms with Gasteiger partial charge in [0.05, 0.1) is 23.8 Å². The third-order valence-corrected chi connectivity index (χ3v) is 5.15. The number of hydrogen-bond acceptors (Lipinski definition) is 4. The predicted molar refractivity (Wildman–Crippen MR) is 91.7 cm³/mol. The number of nitrogens with one attached hydrogen (secondary N) is 1. The van der Waals surface area contributed by atoms with E-state index in [-0.39, 0.29) is 36.1 Å². The zero-order valence-electron chi connectivity index (χ0n) is 14.1. The van der Waals surface area contributed by atoms with Crippen LogP contribution in [0.2, 0.25) is 0 Å². The van der Waals surface area contributed by atoms with Crippen LogP contribution in [0.5, 0.6) is 0 Å². The smallest absolute Gasteiger partial charge is 0.261 e. The van der Waals surface area contributed by atoms with Crippen LogP contribution in [0.25, 0.3) is 10.9 Å². The van der Waals surface area contributed by atoms with Gasteiger partial charge in [0.1, 0.15) is 6.54 Å². The molecule has 1 amide bonds. The standard InChI is InChI=1S/C18H23N3O3/c1-12-5-3-6-13-16(12)19-11-21(17(13)24)9-15(23)20-14-7-4-8-18(14,2)10-22/h3,5-6,11,14,22H,4,7-10H2,1-2H3,(H,20,23). The number of aryl methyl sites for hydroxylation is 1. The van der Waals surface area contributed by atoms with Crippen molar-refractivity contribution >= 4 is 16.8 Å². The molecule has 128 valence electrons. The van der Waals surface area contributed by atoms with Crippen LogP contribution in [0.3, 0.4) is 0 Å². The minimum atomic E-state index is -0.278. The van der Waals surface area contributed by atoms with E-state index < -0.39 is 0 Å². The van der Waals surface area contributed by atoms with E-state index in [1.807, 2.05) is 26.0 Å². The Hall–Kier alpha value is -2.21. The fraction of sp³-hybridized carbons (Fsp3) is 0.500. The molecule has 0 radical (unpaired) electrons. The maximum Gasteiger partial charge on any atom is 0.261 e. The first-order chi connectivity index (χ1) is 11.4. The van der Waals surface area contributed by atoms with Gasteiger partial charge in [0, 0.05) is 11.5 Å². The number of aliphatic hydroxyl groups excluding tert-OH is 1. The van der Waals surface area contributed by atoms with Crippen molar-refractivity contribution in [3.05, 3.63) is 40.4 Å². The molecule has 3 rings (SSSR count). The summed E-state index contributed by atoms with van der Waals surface area (Å²) in [4.78, 5) is 29.2. The lowest BCUT2D eigenvalue weighted by molar-refractivity contribution is -0.123. The highest BCUT2D eigenvalue weighted by Crippen LogP contribution is 2.37. The molecule has 0 bridgehead atoms. The lowest BCUT2D eigenvalue weighted by Gasteiger charge is -2.30. The number of nitrogens with zero attached hydrogens (tertiary/aromatic N) is 2. The quantitative estimate of drug-likeness (QED) is 0.887. The largest absolute Gasteiger partial charge is 0.396 e. The molecule has 0 aliphatic heterocycles. The molecule has 6 nitrogen and oxygen atoms in total. The van der Waals surface area contributed by atoms with Gasteiger partial charge in [-0.2, -0.15) is 0 Å². The molecule has 2 N–H and O–H groups in total.